The molecule has 0 bridgehead atoms. The fraction of sp³-hybridized carbons (Fsp3) is 0.517. The van der Waals surface area contributed by atoms with Crippen LogP contribution in [0.25, 0.3) is 10.9 Å². The van der Waals surface area contributed by atoms with Crippen molar-refractivity contribution >= 4 is 28.1 Å². The summed E-state index contributed by atoms with van der Waals surface area (Å²) in [6.45, 7) is 5.88. The van der Waals surface area contributed by atoms with E-state index in [0.29, 0.717) is 12.5 Å². The molecule has 3 aromatic rings. The molecule has 0 spiro atoms. The van der Waals surface area contributed by atoms with Crippen molar-refractivity contribution in [2.75, 3.05) is 69.2 Å². The lowest BCUT2D eigenvalue weighted by atomic mass is 9.88. The first-order valence-electron chi connectivity index (χ1n) is 12.9. The Kier molecular flexibility index (Phi) is 6.58. The Labute approximate surface area is 209 Å². The van der Waals surface area contributed by atoms with Crippen LogP contribution in [0.4, 0.5) is 17.2 Å². The van der Waals surface area contributed by atoms with E-state index in [2.05, 4.69) is 85.2 Å². The number of fused-ring (bicyclic) bond motifs is 1. The minimum atomic E-state index is 0.139. The van der Waals surface area contributed by atoms with Crippen LogP contribution in [0.3, 0.4) is 0 Å². The van der Waals surface area contributed by atoms with E-state index < -0.39 is 0 Å². The highest BCUT2D eigenvalue weighted by Crippen LogP contribution is 2.47. The topological polar surface area (TPSA) is 44.7 Å². The molecule has 2 aromatic carbocycles. The molecule has 0 radical (unpaired) electrons. The van der Waals surface area contributed by atoms with Crippen LogP contribution in [0.5, 0.6) is 0 Å². The van der Waals surface area contributed by atoms with Gasteiger partial charge in [0.05, 0.1) is 12.1 Å². The number of para-hydroxylation sites is 1. The van der Waals surface area contributed by atoms with Gasteiger partial charge in [-0.2, -0.15) is 0 Å². The van der Waals surface area contributed by atoms with Crippen molar-refractivity contribution in [3.05, 3.63) is 53.9 Å². The lowest BCUT2D eigenvalue weighted by Gasteiger charge is -2.35. The molecule has 1 saturated carbocycles. The van der Waals surface area contributed by atoms with Gasteiger partial charge in [-0.1, -0.05) is 25.1 Å². The third kappa shape index (κ3) is 4.81. The van der Waals surface area contributed by atoms with Crippen LogP contribution in [0.15, 0.2) is 42.5 Å². The van der Waals surface area contributed by atoms with Crippen LogP contribution in [0.1, 0.15) is 49.9 Å². The lowest BCUT2D eigenvalue weighted by Crippen LogP contribution is -2.34. The van der Waals surface area contributed by atoms with Gasteiger partial charge in [-0.15, -0.1) is 0 Å². The summed E-state index contributed by atoms with van der Waals surface area (Å²) in [6, 6.07) is 15.5. The third-order valence-corrected chi connectivity index (χ3v) is 7.92. The smallest absolute Gasteiger partial charge is 0.140 e. The maximum absolute atomic E-state index is 5.29. The molecule has 5 rings (SSSR count). The number of nitrogens with zero attached hydrogens (tertiary/aromatic N) is 5. The van der Waals surface area contributed by atoms with E-state index in [9.17, 15) is 0 Å². The molecule has 6 heteroatoms. The molecule has 0 atom stereocenters. The standard InChI is InChI=1S/C29H39N5O/c1-29(14-15-29)28-30-25-11-10-22(33(4)18-19-35-5)20-24(25)27(31-28)34-16-12-21(13-17-34)23-8-6-7-9-26(23)32(2)3/h6-11,20-21H,12-19H2,1-5H3. The molecule has 186 valence electrons. The van der Waals surface area contributed by atoms with Crippen molar-refractivity contribution in [2.24, 2.45) is 0 Å². The molecule has 1 aromatic heterocycles. The molecule has 0 unspecified atom stereocenters. The number of likely N-dealkylation sites (N-methyl/N-ethyl adjacent to an activating group) is 1. The number of hydrogen-bond acceptors (Lipinski definition) is 6. The zero-order valence-corrected chi connectivity index (χ0v) is 21.9. The summed E-state index contributed by atoms with van der Waals surface area (Å²) in [6.07, 6.45) is 4.63. The molecule has 0 amide bonds. The second-order valence-electron chi connectivity index (χ2n) is 10.8. The predicted molar refractivity (Wildman–Crippen MR) is 146 cm³/mol. The maximum atomic E-state index is 5.29. The number of piperidine rings is 1. The van der Waals surface area contributed by atoms with Crippen LogP contribution in [0, 0.1) is 0 Å². The minimum absolute atomic E-state index is 0.139. The van der Waals surface area contributed by atoms with Crippen molar-refractivity contribution in [2.45, 2.75) is 43.9 Å². The number of aromatic nitrogens is 2. The van der Waals surface area contributed by atoms with Crippen LogP contribution in [-0.2, 0) is 10.2 Å². The van der Waals surface area contributed by atoms with Crippen molar-refractivity contribution < 1.29 is 4.74 Å². The number of ether oxygens (including phenoxy) is 1. The van der Waals surface area contributed by atoms with E-state index in [4.69, 9.17) is 14.7 Å². The zero-order chi connectivity index (χ0) is 24.6. The van der Waals surface area contributed by atoms with Crippen molar-refractivity contribution in [1.82, 2.24) is 9.97 Å². The molecule has 0 N–H and O–H groups in total. The molecule has 2 heterocycles. The number of anilines is 3. The van der Waals surface area contributed by atoms with E-state index in [1.807, 2.05) is 0 Å². The molecule has 1 aliphatic carbocycles. The molecule has 2 fully saturated rings. The number of rotatable bonds is 8. The summed E-state index contributed by atoms with van der Waals surface area (Å²) in [4.78, 5) is 17.3. The summed E-state index contributed by atoms with van der Waals surface area (Å²) < 4.78 is 5.29. The normalized spacial score (nSPS) is 17.6. The Morgan fingerprint density at radius 2 is 1.77 bits per heavy atom. The average molecular weight is 474 g/mol. The molecule has 35 heavy (non-hydrogen) atoms. The third-order valence-electron chi connectivity index (χ3n) is 7.92. The Morgan fingerprint density at radius 3 is 2.46 bits per heavy atom. The van der Waals surface area contributed by atoms with Gasteiger partial charge < -0.3 is 19.4 Å². The van der Waals surface area contributed by atoms with Gasteiger partial charge >= 0.3 is 0 Å². The zero-order valence-electron chi connectivity index (χ0n) is 21.9. The number of hydrogen-bond donors (Lipinski definition) is 0. The molecule has 2 aliphatic rings. The lowest BCUT2D eigenvalue weighted by molar-refractivity contribution is 0.206. The second kappa shape index (κ2) is 9.65. The maximum Gasteiger partial charge on any atom is 0.140 e. The highest BCUT2D eigenvalue weighted by atomic mass is 16.5. The Morgan fingerprint density at radius 1 is 1.03 bits per heavy atom. The summed E-state index contributed by atoms with van der Waals surface area (Å²) in [5, 5.41) is 1.16. The van der Waals surface area contributed by atoms with Crippen LogP contribution in [0.2, 0.25) is 0 Å². The van der Waals surface area contributed by atoms with Gasteiger partial charge in [-0.3, -0.25) is 0 Å². The van der Waals surface area contributed by atoms with Gasteiger partial charge in [-0.05, 0) is 61.4 Å². The highest BCUT2D eigenvalue weighted by molar-refractivity contribution is 5.92. The summed E-state index contributed by atoms with van der Waals surface area (Å²) in [7, 11) is 8.15. The number of benzene rings is 2. The van der Waals surface area contributed by atoms with Crippen LogP contribution in [-0.4, -0.2) is 64.5 Å². The van der Waals surface area contributed by atoms with E-state index >= 15 is 0 Å². The quantitative estimate of drug-likeness (QED) is 0.447. The second-order valence-corrected chi connectivity index (χ2v) is 10.8. The molecular formula is C29H39N5O. The van der Waals surface area contributed by atoms with Crippen molar-refractivity contribution in [1.29, 1.82) is 0 Å². The summed E-state index contributed by atoms with van der Waals surface area (Å²) >= 11 is 0. The minimum Gasteiger partial charge on any atom is -0.383 e. The van der Waals surface area contributed by atoms with Gasteiger partial charge in [0, 0.05) is 70.1 Å². The van der Waals surface area contributed by atoms with Gasteiger partial charge in [-0.25, -0.2) is 9.97 Å². The summed E-state index contributed by atoms with van der Waals surface area (Å²) in [5.41, 5.74) is 5.19. The van der Waals surface area contributed by atoms with E-state index in [-0.39, 0.29) is 5.41 Å². The first-order valence-corrected chi connectivity index (χ1v) is 12.9. The largest absolute Gasteiger partial charge is 0.383 e. The van der Waals surface area contributed by atoms with E-state index in [1.165, 1.54) is 29.8 Å². The predicted octanol–water partition coefficient (Wildman–Crippen LogP) is 5.21. The SMILES string of the molecule is COCCN(C)c1ccc2nc(C3(C)CC3)nc(N3CCC(c4ccccc4N(C)C)CC3)c2c1. The van der Waals surface area contributed by atoms with E-state index in [1.54, 1.807) is 7.11 Å². The fourth-order valence-corrected chi connectivity index (χ4v) is 5.26. The Bertz CT molecular complexity index is 1180. The Balaban J connectivity index is 1.46. The van der Waals surface area contributed by atoms with Gasteiger partial charge in [0.2, 0.25) is 0 Å². The molecular weight excluding hydrogens is 434 g/mol. The number of methoxy groups -OCH3 is 1. The van der Waals surface area contributed by atoms with Gasteiger partial charge in [0.15, 0.2) is 0 Å². The Hall–Kier alpha value is -2.86. The first kappa shape index (κ1) is 23.9. The molecule has 6 nitrogen and oxygen atoms in total. The first-order chi connectivity index (χ1) is 16.9. The molecule has 1 saturated heterocycles. The van der Waals surface area contributed by atoms with Crippen molar-refractivity contribution in [3.63, 3.8) is 0 Å². The highest BCUT2D eigenvalue weighted by Gasteiger charge is 2.42. The fourth-order valence-electron chi connectivity index (χ4n) is 5.26. The van der Waals surface area contributed by atoms with E-state index in [0.717, 1.165) is 55.0 Å². The van der Waals surface area contributed by atoms with Gasteiger partial charge in [0.25, 0.3) is 0 Å². The van der Waals surface area contributed by atoms with Crippen molar-refractivity contribution in [3.8, 4) is 0 Å². The molecule has 1 aliphatic heterocycles. The van der Waals surface area contributed by atoms with Crippen LogP contribution < -0.4 is 14.7 Å². The average Bonchev–Trinajstić information content (AvgIpc) is 3.64. The monoisotopic (exact) mass is 473 g/mol. The van der Waals surface area contributed by atoms with Crippen LogP contribution >= 0.6 is 0 Å². The van der Waals surface area contributed by atoms with Gasteiger partial charge in [0.1, 0.15) is 11.6 Å². The summed E-state index contributed by atoms with van der Waals surface area (Å²) in [5.74, 6) is 2.70.